The minimum Gasteiger partial charge on any atom is -0.394 e. The van der Waals surface area contributed by atoms with Crippen LogP contribution in [-0.2, 0) is 37.9 Å². The van der Waals surface area contributed by atoms with Crippen molar-refractivity contribution in [2.24, 2.45) is 50.7 Å². The van der Waals surface area contributed by atoms with Gasteiger partial charge in [0.05, 0.1) is 44.7 Å². The van der Waals surface area contributed by atoms with Crippen LogP contribution in [0.4, 0.5) is 0 Å². The number of rotatable bonds is 15. The summed E-state index contributed by atoms with van der Waals surface area (Å²) in [4.78, 5) is 0. The molecule has 21 heteroatoms. The average Bonchev–Trinajstić information content (AvgIpc) is 3.95. The lowest BCUT2D eigenvalue weighted by Gasteiger charge is -2.63. The van der Waals surface area contributed by atoms with E-state index in [9.17, 15) is 66.4 Å². The largest absolute Gasteiger partial charge is 0.394 e. The van der Waals surface area contributed by atoms with Crippen molar-refractivity contribution < 1.29 is 104 Å². The predicted octanol–water partition coefficient (Wildman–Crippen LogP) is -0.924. The van der Waals surface area contributed by atoms with Gasteiger partial charge in [0.15, 0.2) is 25.2 Å². The third-order valence-corrected chi connectivity index (χ3v) is 21.3. The minimum atomic E-state index is -1.68. The quantitative estimate of drug-likeness (QED) is 0.0696. The van der Waals surface area contributed by atoms with E-state index in [1.54, 1.807) is 6.92 Å². The maximum atomic E-state index is 11.8. The highest BCUT2D eigenvalue weighted by atomic mass is 16.7. The lowest BCUT2D eigenvalue weighted by molar-refractivity contribution is -0.363. The molecule has 0 unspecified atom stereocenters. The number of hydrogen-bond acceptors (Lipinski definition) is 21. The van der Waals surface area contributed by atoms with Crippen LogP contribution < -0.4 is 0 Å². The van der Waals surface area contributed by atoms with Crippen molar-refractivity contribution in [3.05, 3.63) is 11.6 Å². The third-order valence-electron chi connectivity index (χ3n) is 21.3. The Bertz CT molecular complexity index is 1960. The Kier molecular flexibility index (Phi) is 16.7. The standard InChI is InChI=1S/C53H88O21/c1-23(19-67-46-41(64)38(61)36(59)30(72-46)21-69-45-40(63)34(57)28(56)20-68-45)8-9-27(55)24(2)26-12-14-51(7)32-11-10-31-49(4,5)33(13-15-52(31)22-53(32,52)17-16-50(26,51)6)73-47-43(66)39(62)44(25(3)70-47)74-48-42(65)37(60)35(58)29(18-54)71-48/h8,24-48,54-66H,9-22H2,1-7H3/b23-8-/t24-,25+,26-,27+,28-,29-,30-,31+,32+,33-,34+,35-,36-,37+,38+,39-,40+,41-,42+,43+,44-,45-,46+,47-,48+,50+,51+,52+,53-/m0/s1. The zero-order chi connectivity index (χ0) is 53.8. The summed E-state index contributed by atoms with van der Waals surface area (Å²) >= 11 is 0. The van der Waals surface area contributed by atoms with Crippen molar-refractivity contribution in [2.75, 3.05) is 26.4 Å². The topological polar surface area (TPSA) is 337 Å². The monoisotopic (exact) mass is 1060 g/mol. The van der Waals surface area contributed by atoms with Crippen molar-refractivity contribution in [1.29, 1.82) is 0 Å². The molecule has 9 aliphatic rings. The van der Waals surface area contributed by atoms with Gasteiger partial charge in [-0.25, -0.2) is 0 Å². The van der Waals surface area contributed by atoms with E-state index in [4.69, 9.17) is 37.9 Å². The zero-order valence-corrected chi connectivity index (χ0v) is 44.0. The molecule has 4 heterocycles. The highest BCUT2D eigenvalue weighted by Gasteiger charge is 2.82. The predicted molar refractivity (Wildman–Crippen MR) is 257 cm³/mol. The Hall–Kier alpha value is -1.10. The summed E-state index contributed by atoms with van der Waals surface area (Å²) in [6.45, 7) is 13.9. The molecule has 0 aromatic rings. The van der Waals surface area contributed by atoms with Crippen molar-refractivity contribution in [2.45, 2.75) is 242 Å². The van der Waals surface area contributed by atoms with Crippen LogP contribution in [0, 0.1) is 50.7 Å². The molecule has 4 aliphatic heterocycles. The summed E-state index contributed by atoms with van der Waals surface area (Å²) in [5.41, 5.74) is 1.01. The van der Waals surface area contributed by atoms with Gasteiger partial charge in [-0.1, -0.05) is 46.3 Å². The molecule has 21 nitrogen and oxygen atoms in total. The van der Waals surface area contributed by atoms with Gasteiger partial charge in [-0.15, -0.1) is 0 Å². The normalized spacial score (nSPS) is 54.1. The molecular weight excluding hydrogens is 973 g/mol. The molecule has 5 aliphatic carbocycles. The second-order valence-corrected chi connectivity index (χ2v) is 25.2. The number of ether oxygens (including phenoxy) is 8. The molecule has 0 aromatic heterocycles. The summed E-state index contributed by atoms with van der Waals surface area (Å²) in [6, 6.07) is 0. The van der Waals surface area contributed by atoms with Crippen LogP contribution in [0.5, 0.6) is 0 Å². The number of fused-ring (bicyclic) bond motifs is 2. The lowest BCUT2D eigenvalue weighted by Crippen LogP contribution is -2.64. The van der Waals surface area contributed by atoms with Crippen molar-refractivity contribution >= 4 is 0 Å². The fourth-order valence-corrected chi connectivity index (χ4v) is 16.6. The molecule has 0 bridgehead atoms. The van der Waals surface area contributed by atoms with E-state index in [1.165, 1.54) is 6.42 Å². The zero-order valence-electron chi connectivity index (χ0n) is 44.0. The van der Waals surface area contributed by atoms with E-state index in [0.717, 1.165) is 56.9 Å². The van der Waals surface area contributed by atoms with Crippen molar-refractivity contribution in [1.82, 2.24) is 0 Å². The molecule has 2 spiro atoms. The molecule has 426 valence electrons. The van der Waals surface area contributed by atoms with E-state index < -0.39 is 129 Å². The van der Waals surface area contributed by atoms with Crippen molar-refractivity contribution in [3.8, 4) is 0 Å². The maximum Gasteiger partial charge on any atom is 0.187 e. The van der Waals surface area contributed by atoms with Gasteiger partial charge in [0.2, 0.25) is 0 Å². The molecule has 13 N–H and O–H groups in total. The smallest absolute Gasteiger partial charge is 0.187 e. The van der Waals surface area contributed by atoms with Crippen LogP contribution >= 0.6 is 0 Å². The molecule has 9 fully saturated rings. The van der Waals surface area contributed by atoms with Crippen LogP contribution in [0.25, 0.3) is 0 Å². The first-order valence-electron chi connectivity index (χ1n) is 27.3. The van der Waals surface area contributed by atoms with Gasteiger partial charge in [0.1, 0.15) is 85.5 Å². The Morgan fingerprint density at radius 1 is 0.622 bits per heavy atom. The molecule has 74 heavy (non-hydrogen) atoms. The fraction of sp³-hybridized carbons (Fsp3) is 0.962. The Balaban J connectivity index is 0.778. The van der Waals surface area contributed by atoms with E-state index in [-0.39, 0.29) is 58.9 Å². The highest BCUT2D eigenvalue weighted by molar-refractivity contribution is 5.31. The van der Waals surface area contributed by atoms with Gasteiger partial charge in [-0.2, -0.15) is 0 Å². The number of aliphatic hydroxyl groups excluding tert-OH is 13. The van der Waals surface area contributed by atoms with Gasteiger partial charge in [0.25, 0.3) is 0 Å². The van der Waals surface area contributed by atoms with Crippen LogP contribution in [0.15, 0.2) is 11.6 Å². The van der Waals surface area contributed by atoms with Gasteiger partial charge >= 0.3 is 0 Å². The van der Waals surface area contributed by atoms with Gasteiger partial charge in [0, 0.05) is 0 Å². The molecule has 0 radical (unpaired) electrons. The summed E-state index contributed by atoms with van der Waals surface area (Å²) in [5.74, 6) is 1.25. The second-order valence-electron chi connectivity index (χ2n) is 25.2. The summed E-state index contributed by atoms with van der Waals surface area (Å²) in [5, 5.41) is 137. The molecule has 0 aromatic carbocycles. The van der Waals surface area contributed by atoms with E-state index in [0.29, 0.717) is 24.2 Å². The maximum absolute atomic E-state index is 11.8. The van der Waals surface area contributed by atoms with Gasteiger partial charge in [-0.05, 0) is 129 Å². The summed E-state index contributed by atoms with van der Waals surface area (Å²) in [6.07, 6.45) is -15.9. The van der Waals surface area contributed by atoms with Crippen LogP contribution in [0.2, 0.25) is 0 Å². The Morgan fingerprint density at radius 2 is 1.23 bits per heavy atom. The van der Waals surface area contributed by atoms with Gasteiger partial charge in [-0.3, -0.25) is 0 Å². The highest BCUT2D eigenvalue weighted by Crippen LogP contribution is 2.89. The Morgan fingerprint density at radius 3 is 1.93 bits per heavy atom. The van der Waals surface area contributed by atoms with Crippen LogP contribution in [0.1, 0.15) is 113 Å². The molecular formula is C53H88O21. The summed E-state index contributed by atoms with van der Waals surface area (Å²) < 4.78 is 46.7. The number of aliphatic hydroxyl groups is 13. The first kappa shape index (κ1) is 57.6. The lowest BCUT2D eigenvalue weighted by atomic mass is 9.41. The minimum absolute atomic E-state index is 0.00873. The van der Waals surface area contributed by atoms with Crippen LogP contribution in [-0.4, -0.2) is 222 Å². The summed E-state index contributed by atoms with van der Waals surface area (Å²) in [7, 11) is 0. The fourth-order valence-electron chi connectivity index (χ4n) is 16.6. The van der Waals surface area contributed by atoms with E-state index in [1.807, 2.05) is 13.0 Å². The van der Waals surface area contributed by atoms with Gasteiger partial charge < -0.3 is 104 Å². The molecule has 5 saturated carbocycles. The Labute approximate surface area is 433 Å². The first-order valence-corrected chi connectivity index (χ1v) is 27.3. The first-order chi connectivity index (χ1) is 34.8. The average molecular weight is 1060 g/mol. The molecule has 4 saturated heterocycles. The third kappa shape index (κ3) is 9.51. The van der Waals surface area contributed by atoms with Crippen molar-refractivity contribution in [3.63, 3.8) is 0 Å². The van der Waals surface area contributed by atoms with E-state index >= 15 is 0 Å². The molecule has 9 rings (SSSR count). The number of hydrogen-bond donors (Lipinski definition) is 13. The SMILES string of the molecule is C/C(=C/C[C@@H](O)[C@@H](C)[C@@H]1CC[C@]2(C)[C@H]3CC[C@@H]4C(C)(C)[C@@H](O[C@@H]5O[C@H](C)[C@H](O[C@H]6O[C@@H](CO)[C@H](O)[C@@H](O)[C@H]6O)[C@@H](O)[C@H]5O)CC[C@@]45C[C@@]35CC[C@]12C)CO[C@@H]1O[C@@H](CO[C@@H]2OC[C@H](O)[C@@H](O)[C@H]2O)[C@H](O)[C@@H](O)[C@@H]1O. The molecule has 0 amide bonds. The second kappa shape index (κ2) is 21.4. The van der Waals surface area contributed by atoms with E-state index in [2.05, 4.69) is 34.6 Å². The molecule has 29 atom stereocenters. The van der Waals surface area contributed by atoms with Crippen LogP contribution in [0.3, 0.4) is 0 Å².